The van der Waals surface area contributed by atoms with Gasteiger partial charge < -0.3 is 5.11 Å². The fraction of sp³-hybridized carbons (Fsp3) is 0.500. The molecule has 2 nitrogen and oxygen atoms in total. The molecule has 0 unspecified atom stereocenters. The summed E-state index contributed by atoms with van der Waals surface area (Å²) in [4.78, 5) is 3.16. The minimum Gasteiger partial charge on any atom is -0.391 e. The van der Waals surface area contributed by atoms with Gasteiger partial charge in [-0.3, -0.25) is 0 Å². The van der Waals surface area contributed by atoms with Gasteiger partial charge in [-0.05, 0) is 6.92 Å². The highest BCUT2D eigenvalue weighted by Gasteiger charge is 2.36. The van der Waals surface area contributed by atoms with Crippen LogP contribution >= 0.6 is 11.3 Å². The summed E-state index contributed by atoms with van der Waals surface area (Å²) in [5.74, 6) is 0. The van der Waals surface area contributed by atoms with Crippen LogP contribution in [0.1, 0.15) is 15.6 Å². The van der Waals surface area contributed by atoms with Gasteiger partial charge in [0.1, 0.15) is 0 Å². The van der Waals surface area contributed by atoms with Crippen molar-refractivity contribution in [1.82, 2.24) is 4.98 Å². The number of nitrogens with zero attached hydrogens (tertiary/aromatic N) is 1. The number of halogens is 3. The van der Waals surface area contributed by atoms with Crippen molar-refractivity contribution in [2.24, 2.45) is 0 Å². The number of hydrogen-bond acceptors (Lipinski definition) is 3. The standard InChI is InChI=1S/C6H6F3NOS/c1-3-10-5(6(7,8)9)4(2-11)12-3/h11H,2H2,1H3. The lowest BCUT2D eigenvalue weighted by Crippen LogP contribution is -2.08. The van der Waals surface area contributed by atoms with Gasteiger partial charge >= 0.3 is 6.18 Å². The van der Waals surface area contributed by atoms with E-state index in [1.165, 1.54) is 6.92 Å². The number of aliphatic hydroxyl groups excluding tert-OH is 1. The fourth-order valence-electron chi connectivity index (χ4n) is 0.798. The predicted molar refractivity (Wildman–Crippen MR) is 37.8 cm³/mol. The van der Waals surface area contributed by atoms with Crippen molar-refractivity contribution in [2.45, 2.75) is 19.7 Å². The second-order valence-electron chi connectivity index (χ2n) is 2.16. The smallest absolute Gasteiger partial charge is 0.391 e. The lowest BCUT2D eigenvalue weighted by atomic mass is 10.3. The maximum atomic E-state index is 12.1. The number of rotatable bonds is 1. The Hall–Kier alpha value is -0.620. The molecule has 0 fully saturated rings. The third-order valence-corrected chi connectivity index (χ3v) is 2.17. The van der Waals surface area contributed by atoms with E-state index in [0.29, 0.717) is 5.01 Å². The molecule has 0 saturated carbocycles. The lowest BCUT2D eigenvalue weighted by Gasteiger charge is -2.02. The van der Waals surface area contributed by atoms with E-state index in [1.54, 1.807) is 0 Å². The largest absolute Gasteiger partial charge is 0.434 e. The van der Waals surface area contributed by atoms with Crippen molar-refractivity contribution in [3.63, 3.8) is 0 Å². The third kappa shape index (κ3) is 1.75. The quantitative estimate of drug-likeness (QED) is 0.746. The van der Waals surface area contributed by atoms with Crippen LogP contribution in [0, 0.1) is 6.92 Å². The van der Waals surface area contributed by atoms with E-state index in [2.05, 4.69) is 4.98 Å². The minimum absolute atomic E-state index is 0.125. The molecule has 1 heterocycles. The molecule has 1 aromatic rings. The zero-order chi connectivity index (χ0) is 9.35. The van der Waals surface area contributed by atoms with Crippen LogP contribution in [0.25, 0.3) is 0 Å². The Labute approximate surface area is 70.7 Å². The Kier molecular flexibility index (Phi) is 2.39. The van der Waals surface area contributed by atoms with E-state index in [-0.39, 0.29) is 4.88 Å². The van der Waals surface area contributed by atoms with E-state index >= 15 is 0 Å². The van der Waals surface area contributed by atoms with Gasteiger partial charge in [0.2, 0.25) is 0 Å². The highest BCUT2D eigenvalue weighted by Crippen LogP contribution is 2.33. The molecule has 1 aromatic heterocycles. The number of aliphatic hydroxyl groups is 1. The highest BCUT2D eigenvalue weighted by atomic mass is 32.1. The van der Waals surface area contributed by atoms with Crippen molar-refractivity contribution in [2.75, 3.05) is 0 Å². The van der Waals surface area contributed by atoms with E-state index in [4.69, 9.17) is 5.11 Å². The first-order valence-electron chi connectivity index (χ1n) is 3.09. The first-order valence-corrected chi connectivity index (χ1v) is 3.91. The SMILES string of the molecule is Cc1nc(C(F)(F)F)c(CO)s1. The molecule has 0 bridgehead atoms. The topological polar surface area (TPSA) is 33.1 Å². The molecule has 0 aromatic carbocycles. The molecule has 0 atom stereocenters. The summed E-state index contributed by atoms with van der Waals surface area (Å²) >= 11 is 0.860. The highest BCUT2D eigenvalue weighted by molar-refractivity contribution is 7.11. The Balaban J connectivity index is 3.13. The fourth-order valence-corrected chi connectivity index (χ4v) is 1.61. The first kappa shape index (κ1) is 9.47. The molecule has 0 spiro atoms. The van der Waals surface area contributed by atoms with Gasteiger partial charge in [-0.15, -0.1) is 11.3 Å². The molecule has 0 aliphatic rings. The van der Waals surface area contributed by atoms with Crippen molar-refractivity contribution in [1.29, 1.82) is 0 Å². The van der Waals surface area contributed by atoms with E-state index in [9.17, 15) is 13.2 Å². The van der Waals surface area contributed by atoms with Crippen LogP contribution in [-0.4, -0.2) is 10.1 Å². The van der Waals surface area contributed by atoms with Crippen LogP contribution in [-0.2, 0) is 12.8 Å². The molecular weight excluding hydrogens is 191 g/mol. The van der Waals surface area contributed by atoms with Gasteiger partial charge in [0, 0.05) is 0 Å². The van der Waals surface area contributed by atoms with Gasteiger partial charge in [0.15, 0.2) is 5.69 Å². The zero-order valence-corrected chi connectivity index (χ0v) is 6.96. The van der Waals surface area contributed by atoms with Crippen LogP contribution < -0.4 is 0 Å². The second kappa shape index (κ2) is 3.02. The lowest BCUT2D eigenvalue weighted by molar-refractivity contribution is -0.141. The van der Waals surface area contributed by atoms with Crippen molar-refractivity contribution < 1.29 is 18.3 Å². The molecular formula is C6H6F3NOS. The number of thiazole rings is 1. The Morgan fingerprint density at radius 1 is 1.50 bits per heavy atom. The summed E-state index contributed by atoms with van der Waals surface area (Å²) in [6.45, 7) is 0.861. The Morgan fingerprint density at radius 3 is 2.42 bits per heavy atom. The Morgan fingerprint density at radius 2 is 2.08 bits per heavy atom. The summed E-state index contributed by atoms with van der Waals surface area (Å²) in [5.41, 5.74) is -0.965. The Bertz CT molecular complexity index is 281. The van der Waals surface area contributed by atoms with Crippen LogP contribution in [0.15, 0.2) is 0 Å². The van der Waals surface area contributed by atoms with Gasteiger partial charge in [-0.2, -0.15) is 13.2 Å². The van der Waals surface area contributed by atoms with E-state index < -0.39 is 18.5 Å². The number of aryl methyl sites for hydroxylation is 1. The normalized spacial score (nSPS) is 12.1. The summed E-state index contributed by atoms with van der Waals surface area (Å²) < 4.78 is 36.2. The minimum atomic E-state index is -4.46. The van der Waals surface area contributed by atoms with Crippen molar-refractivity contribution in [3.8, 4) is 0 Å². The van der Waals surface area contributed by atoms with Crippen molar-refractivity contribution >= 4 is 11.3 Å². The maximum Gasteiger partial charge on any atom is 0.434 e. The van der Waals surface area contributed by atoms with Gasteiger partial charge in [-0.25, -0.2) is 4.98 Å². The summed E-state index contributed by atoms with van der Waals surface area (Å²) in [6, 6.07) is 0. The molecule has 68 valence electrons. The van der Waals surface area contributed by atoms with Gasteiger partial charge in [0.05, 0.1) is 16.5 Å². The molecule has 0 amide bonds. The average Bonchev–Trinajstić information content (AvgIpc) is 2.29. The van der Waals surface area contributed by atoms with Crippen molar-refractivity contribution in [3.05, 3.63) is 15.6 Å². The summed E-state index contributed by atoms with van der Waals surface area (Å²) in [7, 11) is 0. The summed E-state index contributed by atoms with van der Waals surface area (Å²) in [6.07, 6.45) is -4.46. The first-order chi connectivity index (χ1) is 5.45. The average molecular weight is 197 g/mol. The zero-order valence-electron chi connectivity index (χ0n) is 6.14. The molecule has 1 N–H and O–H groups in total. The van der Waals surface area contributed by atoms with Crippen LogP contribution in [0.2, 0.25) is 0 Å². The molecule has 0 radical (unpaired) electrons. The molecule has 1 rings (SSSR count). The number of aromatic nitrogens is 1. The molecule has 6 heteroatoms. The maximum absolute atomic E-state index is 12.1. The predicted octanol–water partition coefficient (Wildman–Crippen LogP) is 1.96. The van der Waals surface area contributed by atoms with Crippen LogP contribution in [0.5, 0.6) is 0 Å². The van der Waals surface area contributed by atoms with Crippen LogP contribution in [0.3, 0.4) is 0 Å². The van der Waals surface area contributed by atoms with E-state index in [1.807, 2.05) is 0 Å². The monoisotopic (exact) mass is 197 g/mol. The van der Waals surface area contributed by atoms with Gasteiger partial charge in [-0.1, -0.05) is 0 Å². The molecule has 0 aliphatic carbocycles. The second-order valence-corrected chi connectivity index (χ2v) is 3.45. The number of hydrogen-bond donors (Lipinski definition) is 1. The molecule has 12 heavy (non-hydrogen) atoms. The summed E-state index contributed by atoms with van der Waals surface area (Å²) in [5, 5.41) is 8.88. The molecule has 0 saturated heterocycles. The molecule has 0 aliphatic heterocycles. The van der Waals surface area contributed by atoms with Gasteiger partial charge in [0.25, 0.3) is 0 Å². The third-order valence-electron chi connectivity index (χ3n) is 1.22. The number of alkyl halides is 3. The van der Waals surface area contributed by atoms with E-state index in [0.717, 1.165) is 11.3 Å². The van der Waals surface area contributed by atoms with Crippen LogP contribution in [0.4, 0.5) is 13.2 Å².